The summed E-state index contributed by atoms with van der Waals surface area (Å²) in [6.07, 6.45) is 0.162. The molecule has 4 aromatic rings. The highest BCUT2D eigenvalue weighted by atomic mass is 32.2. The maximum absolute atomic E-state index is 13.9. The molecule has 0 unspecified atom stereocenters. The molecule has 164 valence electrons. The Labute approximate surface area is 185 Å². The number of amides is 1. The van der Waals surface area contributed by atoms with E-state index in [2.05, 4.69) is 15.3 Å². The lowest BCUT2D eigenvalue weighted by atomic mass is 10.1. The standard InChI is InChI=1S/C24H22FN3O3S/c1-16-6-9-19(10-7-16)32(30,31)13-12-24(29)26-18-8-11-21-22(15-18)28-23(27-21)14-17-4-2-3-5-20(17)25/h2-11,15H,12-14H2,1H3,(H,26,29)(H,27,28). The second kappa shape index (κ2) is 8.92. The van der Waals surface area contributed by atoms with E-state index >= 15 is 0 Å². The first-order valence-corrected chi connectivity index (χ1v) is 11.8. The van der Waals surface area contributed by atoms with Gasteiger partial charge in [0.25, 0.3) is 0 Å². The summed E-state index contributed by atoms with van der Waals surface area (Å²) in [5.74, 6) is -0.355. The molecule has 0 atom stereocenters. The Bertz CT molecular complexity index is 1380. The summed E-state index contributed by atoms with van der Waals surface area (Å²) in [6.45, 7) is 1.88. The lowest BCUT2D eigenvalue weighted by molar-refractivity contribution is -0.115. The number of nitrogens with one attached hydrogen (secondary N) is 2. The van der Waals surface area contributed by atoms with Crippen LogP contribution in [-0.4, -0.2) is 30.0 Å². The fraction of sp³-hybridized carbons (Fsp3) is 0.167. The Morgan fingerprint density at radius 3 is 2.56 bits per heavy atom. The van der Waals surface area contributed by atoms with Gasteiger partial charge in [0.05, 0.1) is 21.7 Å². The van der Waals surface area contributed by atoms with Gasteiger partial charge >= 0.3 is 0 Å². The Hall–Kier alpha value is -3.52. The predicted octanol–water partition coefficient (Wildman–Crippen LogP) is 4.40. The summed E-state index contributed by atoms with van der Waals surface area (Å²) in [4.78, 5) is 20.1. The highest BCUT2D eigenvalue weighted by Crippen LogP contribution is 2.20. The third kappa shape index (κ3) is 5.03. The van der Waals surface area contributed by atoms with Crippen molar-refractivity contribution in [3.05, 3.63) is 89.5 Å². The van der Waals surface area contributed by atoms with Crippen LogP contribution in [0.2, 0.25) is 0 Å². The summed E-state index contributed by atoms with van der Waals surface area (Å²) >= 11 is 0. The Kier molecular flexibility index (Phi) is 6.05. The van der Waals surface area contributed by atoms with Gasteiger partial charge in [0.2, 0.25) is 5.91 Å². The van der Waals surface area contributed by atoms with Gasteiger partial charge in [-0.25, -0.2) is 17.8 Å². The number of halogens is 1. The van der Waals surface area contributed by atoms with Crippen LogP contribution in [0.1, 0.15) is 23.4 Å². The number of carbonyl (C=O) groups is 1. The Balaban J connectivity index is 1.41. The number of carbonyl (C=O) groups excluding carboxylic acids is 1. The number of aryl methyl sites for hydroxylation is 1. The molecule has 0 spiro atoms. The minimum atomic E-state index is -3.54. The van der Waals surface area contributed by atoms with Crippen molar-refractivity contribution in [1.29, 1.82) is 0 Å². The van der Waals surface area contributed by atoms with E-state index in [1.807, 2.05) is 6.92 Å². The van der Waals surface area contributed by atoms with Gasteiger partial charge in [0.1, 0.15) is 11.6 Å². The lowest BCUT2D eigenvalue weighted by Crippen LogP contribution is -2.17. The number of hydrogen-bond acceptors (Lipinski definition) is 4. The second-order valence-electron chi connectivity index (χ2n) is 7.61. The molecule has 6 nitrogen and oxygen atoms in total. The zero-order valence-electron chi connectivity index (χ0n) is 17.4. The number of H-pyrrole nitrogens is 1. The maximum atomic E-state index is 13.9. The van der Waals surface area contributed by atoms with Gasteiger partial charge in [0, 0.05) is 18.5 Å². The van der Waals surface area contributed by atoms with E-state index < -0.39 is 15.7 Å². The maximum Gasteiger partial charge on any atom is 0.225 e. The molecule has 0 aliphatic rings. The smallest absolute Gasteiger partial charge is 0.225 e. The van der Waals surface area contributed by atoms with Gasteiger partial charge < -0.3 is 10.3 Å². The highest BCUT2D eigenvalue weighted by Gasteiger charge is 2.17. The molecule has 0 bridgehead atoms. The Morgan fingerprint density at radius 1 is 1.06 bits per heavy atom. The number of benzene rings is 3. The first-order chi connectivity index (χ1) is 15.3. The first-order valence-electron chi connectivity index (χ1n) is 10.1. The first kappa shape index (κ1) is 21.7. The third-order valence-electron chi connectivity index (χ3n) is 5.11. The molecule has 0 radical (unpaired) electrons. The molecule has 4 rings (SSSR count). The van der Waals surface area contributed by atoms with Gasteiger partial charge in [-0.1, -0.05) is 35.9 Å². The van der Waals surface area contributed by atoms with E-state index in [0.717, 1.165) is 5.56 Å². The fourth-order valence-electron chi connectivity index (χ4n) is 3.36. The van der Waals surface area contributed by atoms with Gasteiger partial charge in [-0.3, -0.25) is 4.79 Å². The van der Waals surface area contributed by atoms with Crippen molar-refractivity contribution in [2.45, 2.75) is 24.7 Å². The predicted molar refractivity (Wildman–Crippen MR) is 122 cm³/mol. The summed E-state index contributed by atoms with van der Waals surface area (Å²) in [5, 5.41) is 2.72. The van der Waals surface area contributed by atoms with Crippen LogP contribution >= 0.6 is 0 Å². The van der Waals surface area contributed by atoms with Crippen LogP contribution in [0.15, 0.2) is 71.6 Å². The van der Waals surface area contributed by atoms with Crippen LogP contribution in [-0.2, 0) is 21.1 Å². The topological polar surface area (TPSA) is 91.9 Å². The van der Waals surface area contributed by atoms with Gasteiger partial charge in [-0.15, -0.1) is 0 Å². The molecule has 0 saturated heterocycles. The Morgan fingerprint density at radius 2 is 1.81 bits per heavy atom. The van der Waals surface area contributed by atoms with Crippen LogP contribution in [0.25, 0.3) is 11.0 Å². The molecule has 1 aromatic heterocycles. The van der Waals surface area contributed by atoms with Gasteiger partial charge in [-0.05, 0) is 48.9 Å². The van der Waals surface area contributed by atoms with Crippen molar-refractivity contribution in [3.8, 4) is 0 Å². The molecule has 2 N–H and O–H groups in total. The number of aromatic amines is 1. The molecule has 1 amide bonds. The normalized spacial score (nSPS) is 11.6. The van der Waals surface area contributed by atoms with E-state index in [9.17, 15) is 17.6 Å². The minimum absolute atomic E-state index is 0.157. The van der Waals surface area contributed by atoms with Crippen molar-refractivity contribution >= 4 is 32.5 Å². The summed E-state index contributed by atoms with van der Waals surface area (Å²) in [7, 11) is -3.54. The van der Waals surface area contributed by atoms with E-state index in [0.29, 0.717) is 34.5 Å². The van der Waals surface area contributed by atoms with Crippen molar-refractivity contribution in [2.75, 3.05) is 11.1 Å². The van der Waals surface area contributed by atoms with Gasteiger partial charge in [-0.2, -0.15) is 0 Å². The highest BCUT2D eigenvalue weighted by molar-refractivity contribution is 7.91. The zero-order chi connectivity index (χ0) is 22.7. The number of rotatable bonds is 7. The summed E-state index contributed by atoms with van der Waals surface area (Å²) in [5.41, 5.74) is 3.41. The van der Waals surface area contributed by atoms with Gasteiger partial charge in [0.15, 0.2) is 9.84 Å². The van der Waals surface area contributed by atoms with Crippen LogP contribution in [0.5, 0.6) is 0 Å². The molecule has 0 fully saturated rings. The van der Waals surface area contributed by atoms with E-state index in [1.54, 1.807) is 60.7 Å². The molecule has 0 aliphatic carbocycles. The number of anilines is 1. The number of fused-ring (bicyclic) bond motifs is 1. The van der Waals surface area contributed by atoms with Crippen molar-refractivity contribution in [2.24, 2.45) is 0 Å². The summed E-state index contributed by atoms with van der Waals surface area (Å²) in [6, 6.07) is 18.2. The second-order valence-corrected chi connectivity index (χ2v) is 9.72. The number of sulfone groups is 1. The average Bonchev–Trinajstić information content (AvgIpc) is 3.16. The lowest BCUT2D eigenvalue weighted by Gasteiger charge is -2.07. The van der Waals surface area contributed by atoms with Crippen molar-refractivity contribution in [1.82, 2.24) is 9.97 Å². The van der Waals surface area contributed by atoms with Crippen molar-refractivity contribution < 1.29 is 17.6 Å². The van der Waals surface area contributed by atoms with Crippen LogP contribution in [0.4, 0.5) is 10.1 Å². The molecule has 8 heteroatoms. The van der Waals surface area contributed by atoms with E-state index in [-0.39, 0.29) is 22.9 Å². The largest absolute Gasteiger partial charge is 0.342 e. The molecule has 0 aliphatic heterocycles. The monoisotopic (exact) mass is 451 g/mol. The number of hydrogen-bond donors (Lipinski definition) is 2. The van der Waals surface area contributed by atoms with Crippen LogP contribution < -0.4 is 5.32 Å². The molecule has 32 heavy (non-hydrogen) atoms. The minimum Gasteiger partial charge on any atom is -0.342 e. The van der Waals surface area contributed by atoms with Crippen LogP contribution in [0.3, 0.4) is 0 Å². The number of imidazole rings is 1. The van der Waals surface area contributed by atoms with E-state index in [4.69, 9.17) is 0 Å². The molecule has 3 aromatic carbocycles. The fourth-order valence-corrected chi connectivity index (χ4v) is 4.60. The number of nitrogens with zero attached hydrogens (tertiary/aromatic N) is 1. The quantitative estimate of drug-likeness (QED) is 0.436. The number of aromatic nitrogens is 2. The SMILES string of the molecule is Cc1ccc(S(=O)(=O)CCC(=O)Nc2ccc3nc(Cc4ccccc4F)[nH]c3c2)cc1. The molecular formula is C24H22FN3O3S. The molecule has 1 heterocycles. The van der Waals surface area contributed by atoms with E-state index in [1.165, 1.54) is 6.07 Å². The molecule has 0 saturated carbocycles. The van der Waals surface area contributed by atoms with Crippen molar-refractivity contribution in [3.63, 3.8) is 0 Å². The van der Waals surface area contributed by atoms with Crippen LogP contribution in [0, 0.1) is 12.7 Å². The molecular weight excluding hydrogens is 429 g/mol. The zero-order valence-corrected chi connectivity index (χ0v) is 18.2. The average molecular weight is 452 g/mol. The summed E-state index contributed by atoms with van der Waals surface area (Å²) < 4.78 is 38.8. The third-order valence-corrected chi connectivity index (χ3v) is 6.84.